The predicted octanol–water partition coefficient (Wildman–Crippen LogP) is 1.61. The number of nitrogens with one attached hydrogen (secondary N) is 1. The van der Waals surface area contributed by atoms with Gasteiger partial charge >= 0.3 is 5.69 Å². The first-order valence-corrected chi connectivity index (χ1v) is 5.25. The summed E-state index contributed by atoms with van der Waals surface area (Å²) in [5, 5.41) is 23.0. The maximum atomic E-state index is 10.8. The molecule has 1 heterocycles. The Morgan fingerprint density at radius 3 is 2.71 bits per heavy atom. The first kappa shape index (κ1) is 13.6. The summed E-state index contributed by atoms with van der Waals surface area (Å²) in [7, 11) is 0. The third-order valence-corrected chi connectivity index (χ3v) is 2.60. The lowest BCUT2D eigenvalue weighted by molar-refractivity contribution is -0.384. The van der Waals surface area contributed by atoms with E-state index in [1.54, 1.807) is 20.8 Å². The average molecular weight is 261 g/mol. The molecule has 17 heavy (non-hydrogen) atoms. The second-order valence-corrected chi connectivity index (χ2v) is 4.49. The zero-order valence-electron chi connectivity index (χ0n) is 9.64. The van der Waals surface area contributed by atoms with Gasteiger partial charge in [0, 0.05) is 0 Å². The van der Waals surface area contributed by atoms with E-state index in [0.29, 0.717) is 0 Å². The second kappa shape index (κ2) is 4.80. The molecule has 0 amide bonds. The minimum atomic E-state index is -0.775. The van der Waals surface area contributed by atoms with Gasteiger partial charge in [0.1, 0.15) is 6.20 Å². The molecule has 0 saturated carbocycles. The molecule has 1 atom stereocenters. The Balaban J connectivity index is 3.13. The van der Waals surface area contributed by atoms with Gasteiger partial charge in [-0.15, -0.1) is 0 Å². The lowest BCUT2D eigenvalue weighted by atomic mass is 9.99. The molecule has 1 aromatic rings. The van der Waals surface area contributed by atoms with Crippen LogP contribution in [0.25, 0.3) is 0 Å². The Bertz CT molecular complexity index is 436. The van der Waals surface area contributed by atoms with Crippen LogP contribution in [-0.4, -0.2) is 31.6 Å². The number of halogens is 1. The Hall–Kier alpha value is -1.47. The highest BCUT2D eigenvalue weighted by Gasteiger charge is 2.28. The van der Waals surface area contributed by atoms with Gasteiger partial charge in [-0.05, 0) is 32.4 Å². The molecule has 0 radical (unpaired) electrons. The molecule has 0 saturated heterocycles. The molecular formula is C9H13ClN4O3. The van der Waals surface area contributed by atoms with Crippen LogP contribution in [0.15, 0.2) is 6.20 Å². The largest absolute Gasteiger partial charge is 0.391 e. The van der Waals surface area contributed by atoms with Crippen molar-refractivity contribution in [3.05, 3.63) is 21.6 Å². The van der Waals surface area contributed by atoms with E-state index < -0.39 is 16.6 Å². The van der Waals surface area contributed by atoms with Crippen LogP contribution in [0.1, 0.15) is 20.8 Å². The van der Waals surface area contributed by atoms with Crippen LogP contribution in [0.3, 0.4) is 0 Å². The number of aliphatic hydroxyl groups excluding tert-OH is 1. The van der Waals surface area contributed by atoms with Gasteiger partial charge in [-0.2, -0.15) is 4.98 Å². The molecule has 0 aliphatic carbocycles. The standard InChI is InChI=1S/C9H13ClN4O3/c1-5(15)9(2,3)13-7-6(14(16)17)4-11-8(10)12-7/h4-5,15H,1-3H3,(H,11,12,13). The van der Waals surface area contributed by atoms with Crippen molar-refractivity contribution in [2.75, 3.05) is 5.32 Å². The van der Waals surface area contributed by atoms with Crippen molar-refractivity contribution in [1.29, 1.82) is 0 Å². The molecule has 1 aromatic heterocycles. The van der Waals surface area contributed by atoms with E-state index in [2.05, 4.69) is 15.3 Å². The van der Waals surface area contributed by atoms with E-state index in [9.17, 15) is 15.2 Å². The normalized spacial score (nSPS) is 13.2. The minimum absolute atomic E-state index is 0.0131. The Morgan fingerprint density at radius 2 is 2.24 bits per heavy atom. The summed E-state index contributed by atoms with van der Waals surface area (Å²) in [6, 6.07) is 0. The fourth-order valence-corrected chi connectivity index (χ4v) is 1.12. The molecule has 0 aromatic carbocycles. The van der Waals surface area contributed by atoms with Crippen LogP contribution in [0.4, 0.5) is 11.5 Å². The molecule has 0 spiro atoms. The van der Waals surface area contributed by atoms with Crippen LogP contribution in [0, 0.1) is 10.1 Å². The summed E-state index contributed by atoms with van der Waals surface area (Å²) in [5.41, 5.74) is -1.06. The average Bonchev–Trinajstić information content (AvgIpc) is 2.15. The van der Waals surface area contributed by atoms with E-state index in [4.69, 9.17) is 11.6 Å². The zero-order chi connectivity index (χ0) is 13.2. The van der Waals surface area contributed by atoms with Crippen molar-refractivity contribution in [2.24, 2.45) is 0 Å². The molecule has 8 heteroatoms. The van der Waals surface area contributed by atoms with Crippen molar-refractivity contribution in [3.8, 4) is 0 Å². The minimum Gasteiger partial charge on any atom is -0.391 e. The van der Waals surface area contributed by atoms with E-state index in [0.717, 1.165) is 6.20 Å². The number of aliphatic hydroxyl groups is 1. The van der Waals surface area contributed by atoms with E-state index in [1.807, 2.05) is 0 Å². The Labute approximate surface area is 103 Å². The third-order valence-electron chi connectivity index (χ3n) is 2.42. The topological polar surface area (TPSA) is 101 Å². The Morgan fingerprint density at radius 1 is 1.65 bits per heavy atom. The van der Waals surface area contributed by atoms with Crippen LogP contribution < -0.4 is 5.32 Å². The molecular weight excluding hydrogens is 248 g/mol. The summed E-state index contributed by atoms with van der Waals surface area (Å²) in [6.45, 7) is 4.95. The maximum absolute atomic E-state index is 10.8. The highest BCUT2D eigenvalue weighted by atomic mass is 35.5. The molecule has 94 valence electrons. The van der Waals surface area contributed by atoms with Gasteiger partial charge < -0.3 is 10.4 Å². The van der Waals surface area contributed by atoms with E-state index in [-0.39, 0.29) is 16.8 Å². The monoisotopic (exact) mass is 260 g/mol. The first-order valence-electron chi connectivity index (χ1n) is 4.87. The Kier molecular flexibility index (Phi) is 3.84. The smallest absolute Gasteiger partial charge is 0.329 e. The molecule has 0 aliphatic rings. The van der Waals surface area contributed by atoms with Gasteiger partial charge in [0.05, 0.1) is 16.6 Å². The summed E-state index contributed by atoms with van der Waals surface area (Å²) in [4.78, 5) is 17.5. The number of nitro groups is 1. The number of anilines is 1. The summed E-state index contributed by atoms with van der Waals surface area (Å²) >= 11 is 5.58. The molecule has 1 unspecified atom stereocenters. The summed E-state index contributed by atoms with van der Waals surface area (Å²) < 4.78 is 0. The van der Waals surface area contributed by atoms with Crippen LogP contribution in [0.5, 0.6) is 0 Å². The van der Waals surface area contributed by atoms with Gasteiger partial charge in [0.25, 0.3) is 0 Å². The summed E-state index contributed by atoms with van der Waals surface area (Å²) in [6.07, 6.45) is 0.298. The lowest BCUT2D eigenvalue weighted by Gasteiger charge is -2.29. The van der Waals surface area contributed by atoms with E-state index in [1.165, 1.54) is 0 Å². The number of hydrogen-bond acceptors (Lipinski definition) is 6. The fraction of sp³-hybridized carbons (Fsp3) is 0.556. The van der Waals surface area contributed by atoms with Crippen molar-refractivity contribution in [1.82, 2.24) is 9.97 Å². The fourth-order valence-electron chi connectivity index (χ4n) is 0.989. The van der Waals surface area contributed by atoms with Crippen molar-refractivity contribution in [3.63, 3.8) is 0 Å². The predicted molar refractivity (Wildman–Crippen MR) is 63.1 cm³/mol. The first-order chi connectivity index (χ1) is 7.74. The molecule has 0 bridgehead atoms. The number of nitrogens with zero attached hydrogens (tertiary/aromatic N) is 3. The number of hydrogen-bond donors (Lipinski definition) is 2. The van der Waals surface area contributed by atoms with Crippen LogP contribution in [-0.2, 0) is 0 Å². The second-order valence-electron chi connectivity index (χ2n) is 4.15. The van der Waals surface area contributed by atoms with Gasteiger partial charge in [-0.3, -0.25) is 10.1 Å². The van der Waals surface area contributed by atoms with Crippen molar-refractivity contribution >= 4 is 23.1 Å². The lowest BCUT2D eigenvalue weighted by Crippen LogP contribution is -2.42. The van der Waals surface area contributed by atoms with Gasteiger partial charge in [0.15, 0.2) is 0 Å². The highest BCUT2D eigenvalue weighted by Crippen LogP contribution is 2.26. The SMILES string of the molecule is CC(O)C(C)(C)Nc1nc(Cl)ncc1[N+](=O)[O-]. The van der Waals surface area contributed by atoms with Crippen LogP contribution >= 0.6 is 11.6 Å². The molecule has 0 fully saturated rings. The molecule has 0 aliphatic heterocycles. The number of aromatic nitrogens is 2. The molecule has 7 nitrogen and oxygen atoms in total. The van der Waals surface area contributed by atoms with Crippen molar-refractivity contribution in [2.45, 2.75) is 32.4 Å². The third kappa shape index (κ3) is 3.24. The van der Waals surface area contributed by atoms with Gasteiger partial charge in [-0.1, -0.05) is 0 Å². The maximum Gasteiger partial charge on any atom is 0.329 e. The molecule has 2 N–H and O–H groups in total. The quantitative estimate of drug-likeness (QED) is 0.484. The van der Waals surface area contributed by atoms with Gasteiger partial charge in [-0.25, -0.2) is 4.98 Å². The van der Waals surface area contributed by atoms with E-state index >= 15 is 0 Å². The van der Waals surface area contributed by atoms with Crippen molar-refractivity contribution < 1.29 is 10.0 Å². The van der Waals surface area contributed by atoms with Gasteiger partial charge in [0.2, 0.25) is 11.1 Å². The number of rotatable bonds is 4. The zero-order valence-corrected chi connectivity index (χ0v) is 10.4. The molecule has 1 rings (SSSR count). The van der Waals surface area contributed by atoms with Crippen LogP contribution in [0.2, 0.25) is 5.28 Å². The highest BCUT2D eigenvalue weighted by molar-refractivity contribution is 6.28. The summed E-state index contributed by atoms with van der Waals surface area (Å²) in [5.74, 6) is -0.0131.